The molecule has 0 aromatic rings. The molecule has 0 fully saturated rings. The van der Waals surface area contributed by atoms with Crippen molar-refractivity contribution >= 4 is 5.97 Å². The maximum Gasteiger partial charge on any atom is 0.309 e. The Morgan fingerprint density at radius 1 is 1.10 bits per heavy atom. The first-order valence-electron chi connectivity index (χ1n) is 7.61. The van der Waals surface area contributed by atoms with Gasteiger partial charge in [-0.15, -0.1) is 0 Å². The minimum Gasteiger partial charge on any atom is -0.481 e. The number of carboxylic acid groups (broad SMARTS) is 1. The first kappa shape index (κ1) is 20.1. The van der Waals surface area contributed by atoms with E-state index < -0.39 is 5.97 Å². The number of ether oxygens (including phenoxy) is 1. The van der Waals surface area contributed by atoms with Crippen LogP contribution in [-0.4, -0.2) is 65.5 Å². The van der Waals surface area contributed by atoms with Gasteiger partial charge in [-0.05, 0) is 19.3 Å². The zero-order valence-corrected chi connectivity index (χ0v) is 13.0. The average molecular weight is 304 g/mol. The van der Waals surface area contributed by atoms with Gasteiger partial charge in [-0.1, -0.05) is 25.5 Å². The van der Waals surface area contributed by atoms with Gasteiger partial charge in [0, 0.05) is 6.61 Å². The van der Waals surface area contributed by atoms with E-state index in [4.69, 9.17) is 9.84 Å². The highest BCUT2D eigenvalue weighted by molar-refractivity contribution is 5.66. The molecule has 0 aliphatic heterocycles. The molecule has 0 atom stereocenters. The molecule has 6 nitrogen and oxygen atoms in total. The van der Waals surface area contributed by atoms with Gasteiger partial charge in [0.05, 0.1) is 19.6 Å². The molecule has 0 spiro atoms. The first-order valence-corrected chi connectivity index (χ1v) is 7.61. The molecule has 0 radical (unpaired) electrons. The monoisotopic (exact) mass is 304 g/mol. The predicted molar refractivity (Wildman–Crippen MR) is 80.5 cm³/mol. The summed E-state index contributed by atoms with van der Waals surface area (Å²) in [5, 5.41) is 27.4. The van der Waals surface area contributed by atoms with E-state index in [1.54, 1.807) is 0 Å². The van der Waals surface area contributed by atoms with Crippen molar-refractivity contribution in [2.45, 2.75) is 39.0 Å². The van der Waals surface area contributed by atoms with Crippen molar-refractivity contribution in [3.05, 3.63) is 12.2 Å². The Balaban J connectivity index is 3.80. The molecule has 0 heterocycles. The molecule has 124 valence electrons. The lowest BCUT2D eigenvalue weighted by atomic mass is 10.2. The third kappa shape index (κ3) is 10.4. The number of aliphatic hydroxyl groups excluding tert-OH is 2. The van der Waals surface area contributed by atoms with Crippen LogP contribution in [0.3, 0.4) is 0 Å². The number of quaternary nitrogens is 1. The summed E-state index contributed by atoms with van der Waals surface area (Å²) < 4.78 is 5.43. The van der Waals surface area contributed by atoms with E-state index in [0.29, 0.717) is 19.8 Å². The molecule has 0 bridgehead atoms. The van der Waals surface area contributed by atoms with Crippen LogP contribution in [0.5, 0.6) is 0 Å². The zero-order chi connectivity index (χ0) is 16.0. The quantitative estimate of drug-likeness (QED) is 0.195. The largest absolute Gasteiger partial charge is 0.481 e. The standard InChI is InChI=1S/C15H29NO5/c1-2-3-4-5-6-7-11-21-12-10-16(13-17,14-18)9-8-15(19)20/h4-5,17-18H,2-3,6-14H2,1H3/p+1/b5-4+. The molecule has 0 saturated carbocycles. The molecule has 0 saturated heterocycles. The van der Waals surface area contributed by atoms with Crippen LogP contribution >= 0.6 is 0 Å². The van der Waals surface area contributed by atoms with Crippen LogP contribution in [0.4, 0.5) is 0 Å². The Morgan fingerprint density at radius 3 is 2.33 bits per heavy atom. The van der Waals surface area contributed by atoms with E-state index in [0.717, 1.165) is 25.7 Å². The van der Waals surface area contributed by atoms with Crippen LogP contribution in [-0.2, 0) is 9.53 Å². The number of hydrogen-bond donors (Lipinski definition) is 3. The van der Waals surface area contributed by atoms with Crippen LogP contribution in [0, 0.1) is 0 Å². The number of allylic oxidation sites excluding steroid dienone is 2. The van der Waals surface area contributed by atoms with Gasteiger partial charge in [0.1, 0.15) is 6.54 Å². The van der Waals surface area contributed by atoms with Crippen LogP contribution in [0.15, 0.2) is 12.2 Å². The van der Waals surface area contributed by atoms with Crippen molar-refractivity contribution in [3.63, 3.8) is 0 Å². The van der Waals surface area contributed by atoms with Crippen molar-refractivity contribution in [3.8, 4) is 0 Å². The van der Waals surface area contributed by atoms with Gasteiger partial charge in [-0.3, -0.25) is 9.28 Å². The second-order valence-electron chi connectivity index (χ2n) is 5.23. The molecule has 21 heavy (non-hydrogen) atoms. The number of aliphatic hydroxyl groups is 2. The highest BCUT2D eigenvalue weighted by atomic mass is 16.5. The Bertz CT molecular complexity index is 290. The SMILES string of the molecule is CCC/C=C/CCCOCC[N+](CO)(CO)CCC(=O)O. The third-order valence-corrected chi connectivity index (χ3v) is 3.39. The molecule has 0 aromatic carbocycles. The minimum absolute atomic E-state index is 0.0529. The summed E-state index contributed by atoms with van der Waals surface area (Å²) in [5.41, 5.74) is 0. The smallest absolute Gasteiger partial charge is 0.309 e. The fraction of sp³-hybridized carbons (Fsp3) is 0.800. The fourth-order valence-electron chi connectivity index (χ4n) is 1.84. The molecule has 3 N–H and O–H groups in total. The lowest BCUT2D eigenvalue weighted by Crippen LogP contribution is -2.52. The number of nitrogens with zero attached hydrogens (tertiary/aromatic N) is 1. The summed E-state index contributed by atoms with van der Waals surface area (Å²) in [6, 6.07) is 0. The molecule has 0 rings (SSSR count). The summed E-state index contributed by atoms with van der Waals surface area (Å²) in [5.74, 6) is -0.931. The maximum atomic E-state index is 10.6. The molecule has 0 amide bonds. The third-order valence-electron chi connectivity index (χ3n) is 3.39. The van der Waals surface area contributed by atoms with E-state index >= 15 is 0 Å². The van der Waals surface area contributed by atoms with Crippen LogP contribution < -0.4 is 0 Å². The number of unbranched alkanes of at least 4 members (excludes halogenated alkanes) is 2. The second-order valence-corrected chi connectivity index (χ2v) is 5.23. The molecular formula is C15H30NO5+. The van der Waals surface area contributed by atoms with Gasteiger partial charge in [0.15, 0.2) is 13.5 Å². The summed E-state index contributed by atoms with van der Waals surface area (Å²) in [6.07, 6.45) is 8.44. The van der Waals surface area contributed by atoms with E-state index in [1.165, 1.54) is 0 Å². The van der Waals surface area contributed by atoms with Gasteiger partial charge in [0.2, 0.25) is 0 Å². The van der Waals surface area contributed by atoms with Crippen molar-refractivity contribution in [2.24, 2.45) is 0 Å². The van der Waals surface area contributed by atoms with Gasteiger partial charge in [-0.2, -0.15) is 0 Å². The van der Waals surface area contributed by atoms with E-state index in [1.807, 2.05) is 0 Å². The highest BCUT2D eigenvalue weighted by Crippen LogP contribution is 2.06. The molecule has 0 aliphatic carbocycles. The number of carboxylic acids is 1. The lowest BCUT2D eigenvalue weighted by molar-refractivity contribution is -0.961. The van der Waals surface area contributed by atoms with E-state index in [9.17, 15) is 15.0 Å². The first-order chi connectivity index (χ1) is 10.1. The number of carbonyl (C=O) groups is 1. The fourth-order valence-corrected chi connectivity index (χ4v) is 1.84. The van der Waals surface area contributed by atoms with Crippen molar-refractivity contribution in [1.29, 1.82) is 0 Å². The van der Waals surface area contributed by atoms with Crippen LogP contribution in [0.2, 0.25) is 0 Å². The summed E-state index contributed by atoms with van der Waals surface area (Å²) in [6.45, 7) is 3.22. The average Bonchev–Trinajstić information content (AvgIpc) is 2.49. The van der Waals surface area contributed by atoms with Gasteiger partial charge < -0.3 is 20.1 Å². The summed E-state index contributed by atoms with van der Waals surface area (Å²) >= 11 is 0. The van der Waals surface area contributed by atoms with E-state index in [-0.39, 0.29) is 30.9 Å². The van der Waals surface area contributed by atoms with E-state index in [2.05, 4.69) is 19.1 Å². The molecule has 0 unspecified atom stereocenters. The molecular weight excluding hydrogens is 274 g/mol. The van der Waals surface area contributed by atoms with Crippen LogP contribution in [0.1, 0.15) is 39.0 Å². The molecule has 6 heteroatoms. The Kier molecular flexibility index (Phi) is 12.2. The maximum absolute atomic E-state index is 10.6. The normalized spacial score (nSPS) is 12.1. The van der Waals surface area contributed by atoms with Gasteiger partial charge in [-0.25, -0.2) is 0 Å². The van der Waals surface area contributed by atoms with Crippen LogP contribution in [0.25, 0.3) is 0 Å². The van der Waals surface area contributed by atoms with Crippen molar-refractivity contribution < 1.29 is 29.3 Å². The van der Waals surface area contributed by atoms with Crippen molar-refractivity contribution in [2.75, 3.05) is 39.8 Å². The summed E-state index contributed by atoms with van der Waals surface area (Å²) in [7, 11) is 0. The topological polar surface area (TPSA) is 87.0 Å². The Morgan fingerprint density at radius 2 is 1.76 bits per heavy atom. The molecule has 0 aromatic heterocycles. The Labute approximate surface area is 127 Å². The zero-order valence-electron chi connectivity index (χ0n) is 13.0. The number of aliphatic carboxylic acids is 1. The van der Waals surface area contributed by atoms with Crippen molar-refractivity contribution in [1.82, 2.24) is 0 Å². The predicted octanol–water partition coefficient (Wildman–Crippen LogP) is 1.33. The summed E-state index contributed by atoms with van der Waals surface area (Å²) in [4.78, 5) is 10.6. The lowest BCUT2D eigenvalue weighted by Gasteiger charge is -2.33. The van der Waals surface area contributed by atoms with Gasteiger partial charge in [0.25, 0.3) is 0 Å². The minimum atomic E-state index is -0.931. The molecule has 0 aliphatic rings. The number of hydrogen-bond acceptors (Lipinski definition) is 4. The Hall–Kier alpha value is -0.950. The highest BCUT2D eigenvalue weighted by Gasteiger charge is 2.26. The second kappa shape index (κ2) is 12.8. The number of rotatable bonds is 14. The van der Waals surface area contributed by atoms with Gasteiger partial charge >= 0.3 is 5.97 Å².